The molecule has 2 aliphatic heterocycles. The molecule has 2 aliphatic rings. The van der Waals surface area contributed by atoms with E-state index in [1.54, 1.807) is 11.0 Å². The van der Waals surface area contributed by atoms with Gasteiger partial charge in [0.2, 0.25) is 5.88 Å². The van der Waals surface area contributed by atoms with Gasteiger partial charge in [0.25, 0.3) is 5.91 Å². The number of anilines is 2. The number of ether oxygens (including phenoxy) is 1. The molecule has 158 valence electrons. The van der Waals surface area contributed by atoms with Crippen molar-refractivity contribution in [3.05, 3.63) is 102 Å². The van der Waals surface area contributed by atoms with Crippen LogP contribution in [-0.4, -0.2) is 16.8 Å². The average molecular weight is 457 g/mol. The Morgan fingerprint density at radius 1 is 0.938 bits per heavy atom. The summed E-state index contributed by atoms with van der Waals surface area (Å²) >= 11 is 6.76. The smallest absolute Gasteiger partial charge is 0.270 e. The summed E-state index contributed by atoms with van der Waals surface area (Å²) in [4.78, 5) is 17.2. The van der Waals surface area contributed by atoms with Gasteiger partial charge in [-0.15, -0.1) is 0 Å². The third kappa shape index (κ3) is 3.72. The molecular formula is C26H20N2O2S2. The zero-order valence-electron chi connectivity index (χ0n) is 17.4. The Morgan fingerprint density at radius 3 is 2.38 bits per heavy atom. The highest BCUT2D eigenvalue weighted by Gasteiger charge is 2.33. The maximum absolute atomic E-state index is 13.0. The molecule has 0 atom stereocenters. The Labute approximate surface area is 196 Å². The molecule has 0 bridgehead atoms. The van der Waals surface area contributed by atoms with Crippen molar-refractivity contribution in [3.63, 3.8) is 0 Å². The Bertz CT molecular complexity index is 1250. The van der Waals surface area contributed by atoms with Crippen LogP contribution in [0.5, 0.6) is 5.75 Å². The van der Waals surface area contributed by atoms with Crippen LogP contribution in [0.4, 0.5) is 11.4 Å². The van der Waals surface area contributed by atoms with Crippen LogP contribution in [0.2, 0.25) is 0 Å². The first-order valence-electron chi connectivity index (χ1n) is 10.3. The van der Waals surface area contributed by atoms with Crippen LogP contribution >= 0.6 is 24.0 Å². The van der Waals surface area contributed by atoms with Gasteiger partial charge in [0, 0.05) is 12.6 Å². The molecule has 5 rings (SSSR count). The van der Waals surface area contributed by atoms with E-state index in [2.05, 4.69) is 36.1 Å². The Kier molecular flexibility index (Phi) is 5.55. The predicted molar refractivity (Wildman–Crippen MR) is 136 cm³/mol. The van der Waals surface area contributed by atoms with E-state index in [9.17, 15) is 4.79 Å². The third-order valence-corrected chi connectivity index (χ3v) is 6.66. The zero-order valence-corrected chi connectivity index (χ0v) is 19.0. The second-order valence-corrected chi connectivity index (χ2v) is 8.95. The van der Waals surface area contributed by atoms with Crippen LogP contribution in [0.3, 0.4) is 0 Å². The average Bonchev–Trinajstić information content (AvgIpc) is 3.33. The minimum atomic E-state index is -0.118. The van der Waals surface area contributed by atoms with Gasteiger partial charge in [0.05, 0.1) is 16.3 Å². The van der Waals surface area contributed by atoms with Crippen molar-refractivity contribution in [1.29, 1.82) is 0 Å². The number of fused-ring (bicyclic) bond motifs is 1. The first-order chi connectivity index (χ1) is 15.7. The predicted octanol–water partition coefficient (Wildman–Crippen LogP) is 6.36. The van der Waals surface area contributed by atoms with Crippen LogP contribution in [-0.2, 0) is 4.79 Å². The molecule has 3 aromatic rings. The molecule has 3 aromatic carbocycles. The van der Waals surface area contributed by atoms with Gasteiger partial charge in [-0.3, -0.25) is 9.69 Å². The van der Waals surface area contributed by atoms with E-state index in [0.717, 1.165) is 34.8 Å². The fourth-order valence-corrected chi connectivity index (χ4v) is 5.03. The fraction of sp³-hybridized carbons (Fsp3) is 0.0769. The van der Waals surface area contributed by atoms with Crippen molar-refractivity contribution in [2.45, 2.75) is 6.92 Å². The topological polar surface area (TPSA) is 32.8 Å². The maximum atomic E-state index is 13.0. The van der Waals surface area contributed by atoms with Crippen LogP contribution in [0, 0.1) is 0 Å². The van der Waals surface area contributed by atoms with Crippen molar-refractivity contribution in [2.75, 3.05) is 16.3 Å². The van der Waals surface area contributed by atoms with E-state index in [-0.39, 0.29) is 5.91 Å². The van der Waals surface area contributed by atoms with Crippen LogP contribution in [0.15, 0.2) is 102 Å². The first-order valence-corrected chi connectivity index (χ1v) is 11.6. The molecule has 0 radical (unpaired) electrons. The second kappa shape index (κ2) is 8.65. The van der Waals surface area contributed by atoms with Crippen LogP contribution in [0.25, 0.3) is 11.1 Å². The highest BCUT2D eigenvalue weighted by atomic mass is 32.2. The molecular weight excluding hydrogens is 436 g/mol. The largest absolute Gasteiger partial charge is 0.439 e. The fourth-order valence-electron chi connectivity index (χ4n) is 3.79. The third-order valence-electron chi connectivity index (χ3n) is 5.34. The number of hydrogen-bond acceptors (Lipinski definition) is 5. The Morgan fingerprint density at radius 2 is 1.66 bits per heavy atom. The quantitative estimate of drug-likeness (QED) is 0.337. The van der Waals surface area contributed by atoms with E-state index >= 15 is 0 Å². The summed E-state index contributed by atoms with van der Waals surface area (Å²) in [6.07, 6.45) is 3.65. The normalized spacial score (nSPS) is 17.9. The summed E-state index contributed by atoms with van der Waals surface area (Å²) in [6.45, 7) is 2.83. The number of amides is 1. The second-order valence-electron chi connectivity index (χ2n) is 7.27. The number of carbonyl (C=O) groups excluding carboxylic acids is 1. The molecule has 0 N–H and O–H groups in total. The van der Waals surface area contributed by atoms with Gasteiger partial charge >= 0.3 is 0 Å². The molecule has 1 saturated heterocycles. The number of benzene rings is 3. The molecule has 0 spiro atoms. The minimum absolute atomic E-state index is 0.118. The van der Waals surface area contributed by atoms with Crippen LogP contribution in [0.1, 0.15) is 6.92 Å². The molecule has 0 aliphatic carbocycles. The molecule has 6 heteroatoms. The van der Waals surface area contributed by atoms with Gasteiger partial charge in [-0.1, -0.05) is 78.6 Å². The SMILES string of the molecule is CCN1C(=CC=C2SC(=S)N(c3ccccc3)C2=O)Oc2ccc(-c3ccccc3)cc21. The molecule has 0 saturated carbocycles. The monoisotopic (exact) mass is 456 g/mol. The van der Waals surface area contributed by atoms with Crippen molar-refractivity contribution in [2.24, 2.45) is 0 Å². The highest BCUT2D eigenvalue weighted by molar-refractivity contribution is 8.27. The van der Waals surface area contributed by atoms with Gasteiger partial charge in [0.1, 0.15) is 0 Å². The van der Waals surface area contributed by atoms with Crippen molar-refractivity contribution in [1.82, 2.24) is 0 Å². The summed E-state index contributed by atoms with van der Waals surface area (Å²) in [5, 5.41) is 0. The van der Waals surface area contributed by atoms with Gasteiger partial charge in [-0.05, 0) is 48.4 Å². The van der Waals surface area contributed by atoms with Gasteiger partial charge < -0.3 is 9.64 Å². The lowest BCUT2D eigenvalue weighted by molar-refractivity contribution is -0.113. The lowest BCUT2D eigenvalue weighted by Crippen LogP contribution is -2.27. The molecule has 32 heavy (non-hydrogen) atoms. The van der Waals surface area contributed by atoms with E-state index in [0.29, 0.717) is 15.1 Å². The summed E-state index contributed by atoms with van der Waals surface area (Å²) in [5.74, 6) is 1.38. The summed E-state index contributed by atoms with van der Waals surface area (Å²) in [5.41, 5.74) is 4.09. The number of para-hydroxylation sites is 1. The molecule has 0 aromatic heterocycles. The molecule has 1 amide bonds. The van der Waals surface area contributed by atoms with Crippen molar-refractivity contribution in [3.8, 4) is 16.9 Å². The number of thiocarbonyl (C=S) groups is 1. The van der Waals surface area contributed by atoms with Crippen LogP contribution < -0.4 is 14.5 Å². The van der Waals surface area contributed by atoms with E-state index in [1.807, 2.05) is 60.7 Å². The molecule has 0 unspecified atom stereocenters. The van der Waals surface area contributed by atoms with Gasteiger partial charge in [-0.2, -0.15) is 0 Å². The highest BCUT2D eigenvalue weighted by Crippen LogP contribution is 2.42. The molecule has 1 fully saturated rings. The lowest BCUT2D eigenvalue weighted by Gasteiger charge is -2.16. The maximum Gasteiger partial charge on any atom is 0.270 e. The summed E-state index contributed by atoms with van der Waals surface area (Å²) in [7, 11) is 0. The van der Waals surface area contributed by atoms with E-state index < -0.39 is 0 Å². The van der Waals surface area contributed by atoms with Crippen molar-refractivity contribution < 1.29 is 9.53 Å². The van der Waals surface area contributed by atoms with Crippen molar-refractivity contribution >= 4 is 45.6 Å². The summed E-state index contributed by atoms with van der Waals surface area (Å²) in [6, 6.07) is 25.9. The van der Waals surface area contributed by atoms with Gasteiger partial charge in [0.15, 0.2) is 10.1 Å². The number of thioether (sulfide) groups is 1. The standard InChI is InChI=1S/C26H20N2O2S2/c1-2-27-21-17-19(18-9-5-3-6-10-18)13-14-22(21)30-24(27)16-15-23-25(29)28(26(31)32-23)20-11-7-4-8-12-20/h3-17H,2H2,1H3. The summed E-state index contributed by atoms with van der Waals surface area (Å²) < 4.78 is 6.64. The van der Waals surface area contributed by atoms with E-state index in [1.165, 1.54) is 11.8 Å². The Hall–Kier alpha value is -3.35. The number of allylic oxidation sites excluding steroid dienone is 2. The van der Waals surface area contributed by atoms with Gasteiger partial charge in [-0.25, -0.2) is 0 Å². The Balaban J connectivity index is 1.42. The number of carbonyl (C=O) groups is 1. The minimum Gasteiger partial charge on any atom is -0.439 e. The number of nitrogens with zero attached hydrogens (tertiary/aromatic N) is 2. The lowest BCUT2D eigenvalue weighted by atomic mass is 10.0. The van der Waals surface area contributed by atoms with E-state index in [4.69, 9.17) is 17.0 Å². The first kappa shape index (κ1) is 20.5. The molecule has 4 nitrogen and oxygen atoms in total. The number of rotatable bonds is 4. The zero-order chi connectivity index (χ0) is 22.1. The molecule has 2 heterocycles. The number of hydrogen-bond donors (Lipinski definition) is 0.